The van der Waals surface area contributed by atoms with Crippen LogP contribution in [0, 0.1) is 6.92 Å². The van der Waals surface area contributed by atoms with E-state index in [1.54, 1.807) is 6.92 Å². The molecule has 0 bridgehead atoms. The van der Waals surface area contributed by atoms with Gasteiger partial charge < -0.3 is 10.4 Å². The molecule has 0 saturated heterocycles. The van der Waals surface area contributed by atoms with Crippen LogP contribution in [0.3, 0.4) is 0 Å². The highest BCUT2D eigenvalue weighted by atomic mass is 32.2. The molecule has 0 aliphatic carbocycles. The molecule has 0 atom stereocenters. The Bertz CT molecular complexity index is 543. The molecule has 100 valence electrons. The molecule has 1 heterocycles. The van der Waals surface area contributed by atoms with Gasteiger partial charge in [-0.2, -0.15) is 0 Å². The third-order valence-electron chi connectivity index (χ3n) is 2.11. The molecule has 0 saturated carbocycles. The van der Waals surface area contributed by atoms with Crippen LogP contribution in [0.5, 0.6) is 0 Å². The molecule has 0 aromatic carbocycles. The zero-order valence-electron chi connectivity index (χ0n) is 9.97. The van der Waals surface area contributed by atoms with Crippen LogP contribution in [-0.2, 0) is 10.0 Å². The molecular formula is C9H14N4O4S. The fraction of sp³-hybridized carbons (Fsp3) is 0.444. The number of aromatic nitrogens is 2. The molecule has 0 aliphatic rings. The molecule has 1 aromatic rings. The van der Waals surface area contributed by atoms with Crippen LogP contribution in [-0.4, -0.2) is 48.8 Å². The lowest BCUT2D eigenvalue weighted by Crippen LogP contribution is -2.26. The number of aromatic carboxylic acids is 1. The Labute approximate surface area is 105 Å². The van der Waals surface area contributed by atoms with Crippen molar-refractivity contribution >= 4 is 21.8 Å². The molecular weight excluding hydrogens is 260 g/mol. The maximum absolute atomic E-state index is 11.2. The lowest BCUT2D eigenvalue weighted by molar-refractivity contribution is 0.0697. The van der Waals surface area contributed by atoms with E-state index >= 15 is 0 Å². The standard InChI is InChI=1S/C9H14N4O4S/c1-6-12-5-7(9(14)15)8(13-6)11-3-4-18(16,17)10-2/h5,10H,3-4H2,1-2H3,(H,14,15)(H,11,12,13). The fourth-order valence-corrected chi connectivity index (χ4v) is 1.74. The first-order chi connectivity index (χ1) is 8.35. The molecule has 0 radical (unpaired) electrons. The first-order valence-electron chi connectivity index (χ1n) is 5.08. The van der Waals surface area contributed by atoms with Crippen molar-refractivity contribution in [1.29, 1.82) is 0 Å². The third-order valence-corrected chi connectivity index (χ3v) is 3.48. The van der Waals surface area contributed by atoms with Crippen molar-refractivity contribution < 1.29 is 18.3 Å². The van der Waals surface area contributed by atoms with E-state index in [-0.39, 0.29) is 23.7 Å². The van der Waals surface area contributed by atoms with Crippen molar-refractivity contribution in [3.05, 3.63) is 17.6 Å². The minimum Gasteiger partial charge on any atom is -0.477 e. The maximum Gasteiger partial charge on any atom is 0.341 e. The Morgan fingerprint density at radius 3 is 2.72 bits per heavy atom. The first kappa shape index (κ1) is 14.3. The number of anilines is 1. The number of hydrogen-bond acceptors (Lipinski definition) is 6. The second-order valence-corrected chi connectivity index (χ2v) is 5.48. The molecule has 0 unspecified atom stereocenters. The van der Waals surface area contributed by atoms with E-state index in [1.165, 1.54) is 13.2 Å². The topological polar surface area (TPSA) is 121 Å². The SMILES string of the molecule is CNS(=O)(=O)CCNc1nc(C)ncc1C(=O)O. The van der Waals surface area contributed by atoms with Crippen LogP contribution in [0.15, 0.2) is 6.20 Å². The zero-order chi connectivity index (χ0) is 13.8. The van der Waals surface area contributed by atoms with Gasteiger partial charge in [0.25, 0.3) is 0 Å². The van der Waals surface area contributed by atoms with Crippen molar-refractivity contribution in [1.82, 2.24) is 14.7 Å². The Morgan fingerprint density at radius 1 is 1.50 bits per heavy atom. The number of hydrogen-bond donors (Lipinski definition) is 3. The van der Waals surface area contributed by atoms with E-state index < -0.39 is 16.0 Å². The summed E-state index contributed by atoms with van der Waals surface area (Å²) in [6, 6.07) is 0. The number of carboxylic acid groups (broad SMARTS) is 1. The van der Waals surface area contributed by atoms with Crippen molar-refractivity contribution in [2.45, 2.75) is 6.92 Å². The van der Waals surface area contributed by atoms with Gasteiger partial charge in [0.05, 0.1) is 5.75 Å². The summed E-state index contributed by atoms with van der Waals surface area (Å²) in [4.78, 5) is 18.6. The average Bonchev–Trinajstić information content (AvgIpc) is 2.28. The van der Waals surface area contributed by atoms with E-state index in [1.807, 2.05) is 0 Å². The van der Waals surface area contributed by atoms with Gasteiger partial charge in [-0.3, -0.25) is 0 Å². The molecule has 8 nitrogen and oxygen atoms in total. The Balaban J connectivity index is 2.78. The lowest BCUT2D eigenvalue weighted by atomic mass is 10.3. The molecule has 0 aliphatic heterocycles. The van der Waals surface area contributed by atoms with Gasteiger partial charge in [0, 0.05) is 12.7 Å². The van der Waals surface area contributed by atoms with Crippen LogP contribution in [0.25, 0.3) is 0 Å². The molecule has 1 rings (SSSR count). The number of aryl methyl sites for hydroxylation is 1. The zero-order valence-corrected chi connectivity index (χ0v) is 10.8. The number of nitrogens with one attached hydrogen (secondary N) is 2. The highest BCUT2D eigenvalue weighted by Crippen LogP contribution is 2.11. The normalized spacial score (nSPS) is 11.2. The lowest BCUT2D eigenvalue weighted by Gasteiger charge is -2.08. The van der Waals surface area contributed by atoms with E-state index in [9.17, 15) is 13.2 Å². The first-order valence-corrected chi connectivity index (χ1v) is 6.73. The fourth-order valence-electron chi connectivity index (χ4n) is 1.17. The number of carboxylic acids is 1. The van der Waals surface area contributed by atoms with Gasteiger partial charge in [0.1, 0.15) is 17.2 Å². The van der Waals surface area contributed by atoms with Gasteiger partial charge >= 0.3 is 5.97 Å². The summed E-state index contributed by atoms with van der Waals surface area (Å²) < 4.78 is 24.5. The van der Waals surface area contributed by atoms with Crippen molar-refractivity contribution in [2.75, 3.05) is 24.7 Å². The maximum atomic E-state index is 11.2. The summed E-state index contributed by atoms with van der Waals surface area (Å²) in [6.45, 7) is 1.67. The molecule has 3 N–H and O–H groups in total. The molecule has 0 amide bonds. The largest absolute Gasteiger partial charge is 0.477 e. The molecule has 0 spiro atoms. The number of carbonyl (C=O) groups is 1. The van der Waals surface area contributed by atoms with Gasteiger partial charge in [0.15, 0.2) is 0 Å². The number of sulfonamides is 1. The minimum absolute atomic E-state index is 0.0555. The van der Waals surface area contributed by atoms with Gasteiger partial charge in [-0.25, -0.2) is 27.9 Å². The smallest absolute Gasteiger partial charge is 0.341 e. The Morgan fingerprint density at radius 2 is 2.17 bits per heavy atom. The Hall–Kier alpha value is -1.74. The molecule has 1 aromatic heterocycles. The highest BCUT2D eigenvalue weighted by molar-refractivity contribution is 7.89. The van der Waals surface area contributed by atoms with Gasteiger partial charge in [0.2, 0.25) is 10.0 Å². The van der Waals surface area contributed by atoms with Crippen LogP contribution in [0.4, 0.5) is 5.82 Å². The van der Waals surface area contributed by atoms with Crippen molar-refractivity contribution in [3.63, 3.8) is 0 Å². The summed E-state index contributed by atoms with van der Waals surface area (Å²) >= 11 is 0. The summed E-state index contributed by atoms with van der Waals surface area (Å²) in [5.74, 6) is -0.833. The van der Waals surface area contributed by atoms with E-state index in [2.05, 4.69) is 20.0 Å². The third kappa shape index (κ3) is 3.93. The minimum atomic E-state index is -3.34. The average molecular weight is 274 g/mol. The highest BCUT2D eigenvalue weighted by Gasteiger charge is 2.13. The molecule has 18 heavy (non-hydrogen) atoms. The van der Waals surface area contributed by atoms with Gasteiger partial charge in [-0.1, -0.05) is 0 Å². The summed E-state index contributed by atoms with van der Waals surface area (Å²) in [7, 11) is -2.02. The van der Waals surface area contributed by atoms with E-state index in [4.69, 9.17) is 5.11 Å². The van der Waals surface area contributed by atoms with Crippen molar-refractivity contribution in [2.24, 2.45) is 0 Å². The summed E-state index contributed by atoms with van der Waals surface area (Å²) in [5, 5.41) is 11.6. The van der Waals surface area contributed by atoms with Crippen LogP contribution >= 0.6 is 0 Å². The predicted octanol–water partition coefficient (Wildman–Crippen LogP) is -0.556. The van der Waals surface area contributed by atoms with Crippen molar-refractivity contribution in [3.8, 4) is 0 Å². The van der Waals surface area contributed by atoms with Crippen LogP contribution < -0.4 is 10.0 Å². The number of rotatable bonds is 6. The monoisotopic (exact) mass is 274 g/mol. The summed E-state index contributed by atoms with van der Waals surface area (Å²) in [6.07, 6.45) is 1.18. The molecule has 0 fully saturated rings. The number of nitrogens with zero attached hydrogens (tertiary/aromatic N) is 2. The molecule has 9 heteroatoms. The van der Waals surface area contributed by atoms with Gasteiger partial charge in [-0.05, 0) is 14.0 Å². The van der Waals surface area contributed by atoms with E-state index in [0.717, 1.165) is 0 Å². The van der Waals surface area contributed by atoms with Crippen LogP contribution in [0.2, 0.25) is 0 Å². The quantitative estimate of drug-likeness (QED) is 0.636. The van der Waals surface area contributed by atoms with Crippen LogP contribution in [0.1, 0.15) is 16.2 Å². The second-order valence-electron chi connectivity index (χ2n) is 3.43. The summed E-state index contributed by atoms with van der Waals surface area (Å²) in [5.41, 5.74) is -0.0949. The van der Waals surface area contributed by atoms with E-state index in [0.29, 0.717) is 5.82 Å². The Kier molecular flexibility index (Phi) is 4.56. The van der Waals surface area contributed by atoms with Gasteiger partial charge in [-0.15, -0.1) is 0 Å². The second kappa shape index (κ2) is 5.74. The predicted molar refractivity (Wildman–Crippen MR) is 65.1 cm³/mol.